The number of nitrogens with zero attached hydrogens (tertiary/aromatic N) is 1. The molecule has 0 spiro atoms. The van der Waals surface area contributed by atoms with Crippen LogP contribution in [0.2, 0.25) is 0 Å². The van der Waals surface area contributed by atoms with Crippen molar-refractivity contribution >= 4 is 10.0 Å². The quantitative estimate of drug-likeness (QED) is 0.757. The minimum Gasteiger partial charge on any atom is -0.360 e. The monoisotopic (exact) mass is 356 g/mol. The predicted molar refractivity (Wildman–Crippen MR) is 95.8 cm³/mol. The van der Waals surface area contributed by atoms with Crippen molar-refractivity contribution in [3.8, 4) is 0 Å². The number of aryl methyl sites for hydroxylation is 3. The normalized spacial score (nSPS) is 12.9. The number of nitrogens with one attached hydrogen (secondary N) is 1. The second kappa shape index (κ2) is 6.82. The number of hydrogen-bond acceptors (Lipinski definition) is 4. The maximum absolute atomic E-state index is 12.9. The van der Waals surface area contributed by atoms with Crippen molar-refractivity contribution in [2.75, 3.05) is 0 Å². The maximum atomic E-state index is 12.9. The minimum atomic E-state index is -3.79. The Bertz CT molecular complexity index is 942. The van der Waals surface area contributed by atoms with Crippen LogP contribution < -0.4 is 4.72 Å². The maximum Gasteiger partial charge on any atom is 0.246 e. The van der Waals surface area contributed by atoms with Gasteiger partial charge < -0.3 is 4.52 Å². The molecule has 6 heteroatoms. The molecule has 3 aromatic rings. The molecular weight excluding hydrogens is 336 g/mol. The van der Waals surface area contributed by atoms with Gasteiger partial charge in [-0.2, -0.15) is 4.72 Å². The highest BCUT2D eigenvalue weighted by Crippen LogP contribution is 2.27. The molecule has 25 heavy (non-hydrogen) atoms. The number of benzene rings is 2. The summed E-state index contributed by atoms with van der Waals surface area (Å²) in [6.07, 6.45) is 0. The third-order valence-electron chi connectivity index (χ3n) is 4.05. The average Bonchev–Trinajstić information content (AvgIpc) is 2.94. The average molecular weight is 356 g/mol. The summed E-state index contributed by atoms with van der Waals surface area (Å²) >= 11 is 0. The first-order chi connectivity index (χ1) is 11.9. The summed E-state index contributed by atoms with van der Waals surface area (Å²) in [5, 5.41) is 3.75. The Morgan fingerprint density at radius 3 is 2.08 bits per heavy atom. The molecule has 2 aromatic carbocycles. The summed E-state index contributed by atoms with van der Waals surface area (Å²) in [7, 11) is -3.79. The topological polar surface area (TPSA) is 72.2 Å². The van der Waals surface area contributed by atoms with Crippen molar-refractivity contribution in [1.82, 2.24) is 9.88 Å². The van der Waals surface area contributed by atoms with Gasteiger partial charge in [-0.3, -0.25) is 0 Å². The fraction of sp³-hybridized carbons (Fsp3) is 0.211. The van der Waals surface area contributed by atoms with Gasteiger partial charge in [-0.1, -0.05) is 65.3 Å². The molecule has 0 amide bonds. The van der Waals surface area contributed by atoms with Gasteiger partial charge in [0.1, 0.15) is 10.6 Å². The van der Waals surface area contributed by atoms with Crippen LogP contribution in [0.3, 0.4) is 0 Å². The van der Waals surface area contributed by atoms with Gasteiger partial charge in [0.2, 0.25) is 10.0 Å². The molecule has 5 nitrogen and oxygen atoms in total. The van der Waals surface area contributed by atoms with Gasteiger partial charge in [0, 0.05) is 0 Å². The molecule has 0 saturated carbocycles. The number of sulfonamides is 1. The van der Waals surface area contributed by atoms with Crippen LogP contribution >= 0.6 is 0 Å². The third kappa shape index (κ3) is 3.65. The fourth-order valence-electron chi connectivity index (χ4n) is 2.81. The summed E-state index contributed by atoms with van der Waals surface area (Å²) in [5.74, 6) is 0.278. The van der Waals surface area contributed by atoms with Crippen LogP contribution in [0.5, 0.6) is 0 Å². The van der Waals surface area contributed by atoms with Crippen molar-refractivity contribution < 1.29 is 12.9 Å². The second-order valence-corrected chi connectivity index (χ2v) is 7.68. The van der Waals surface area contributed by atoms with Crippen molar-refractivity contribution in [3.63, 3.8) is 0 Å². The van der Waals surface area contributed by atoms with Crippen LogP contribution in [0.25, 0.3) is 0 Å². The Kier molecular flexibility index (Phi) is 4.74. The van der Waals surface area contributed by atoms with Crippen LogP contribution in [0.15, 0.2) is 64.0 Å². The summed E-state index contributed by atoms with van der Waals surface area (Å²) in [6.45, 7) is 5.21. The lowest BCUT2D eigenvalue weighted by Gasteiger charge is -2.20. The van der Waals surface area contributed by atoms with Gasteiger partial charge in [-0.25, -0.2) is 8.42 Å². The lowest BCUT2D eigenvalue weighted by molar-refractivity contribution is 0.390. The Morgan fingerprint density at radius 2 is 1.52 bits per heavy atom. The predicted octanol–water partition coefficient (Wildman–Crippen LogP) is 3.67. The van der Waals surface area contributed by atoms with E-state index < -0.39 is 16.1 Å². The summed E-state index contributed by atoms with van der Waals surface area (Å²) < 4.78 is 33.7. The minimum absolute atomic E-state index is 0.0977. The first-order valence-electron chi connectivity index (χ1n) is 7.95. The summed E-state index contributed by atoms with van der Waals surface area (Å²) in [4.78, 5) is 0.0977. The standard InChI is InChI=1S/C19H20N2O3S/c1-13-9-11-17(12-10-13)18(16-7-5-4-6-8-16)21-25(22,23)19-14(2)20-24-15(19)3/h4-12,18,21H,1-3H3. The highest BCUT2D eigenvalue weighted by Gasteiger charge is 2.28. The number of hydrogen-bond donors (Lipinski definition) is 1. The molecule has 1 aromatic heterocycles. The Balaban J connectivity index is 2.05. The zero-order valence-electron chi connectivity index (χ0n) is 14.4. The van der Waals surface area contributed by atoms with E-state index in [4.69, 9.17) is 4.52 Å². The van der Waals surface area contributed by atoms with E-state index in [0.717, 1.165) is 16.7 Å². The zero-order chi connectivity index (χ0) is 18.0. The number of aromatic nitrogens is 1. The van der Waals surface area contributed by atoms with Crippen molar-refractivity contribution in [2.24, 2.45) is 0 Å². The lowest BCUT2D eigenvalue weighted by Crippen LogP contribution is -2.30. The molecule has 0 aliphatic rings. The van der Waals surface area contributed by atoms with E-state index in [-0.39, 0.29) is 10.7 Å². The Hall–Kier alpha value is -2.44. The highest BCUT2D eigenvalue weighted by molar-refractivity contribution is 7.89. The first-order valence-corrected chi connectivity index (χ1v) is 9.43. The van der Waals surface area contributed by atoms with E-state index in [2.05, 4.69) is 9.88 Å². The molecule has 1 unspecified atom stereocenters. The van der Waals surface area contributed by atoms with E-state index in [9.17, 15) is 8.42 Å². The molecule has 0 aliphatic carbocycles. The smallest absolute Gasteiger partial charge is 0.246 e. The molecule has 0 fully saturated rings. The van der Waals surface area contributed by atoms with Crippen molar-refractivity contribution in [2.45, 2.75) is 31.7 Å². The van der Waals surface area contributed by atoms with Gasteiger partial charge in [0.15, 0.2) is 5.76 Å². The second-order valence-electron chi connectivity index (χ2n) is 6.03. The van der Waals surface area contributed by atoms with Crippen LogP contribution in [0, 0.1) is 20.8 Å². The molecule has 3 rings (SSSR count). The molecule has 1 N–H and O–H groups in total. The van der Waals surface area contributed by atoms with Gasteiger partial charge in [0.25, 0.3) is 0 Å². The lowest BCUT2D eigenvalue weighted by atomic mass is 9.99. The van der Waals surface area contributed by atoms with E-state index >= 15 is 0 Å². The molecule has 0 aliphatic heterocycles. The summed E-state index contributed by atoms with van der Waals surface area (Å²) in [5.41, 5.74) is 3.19. The van der Waals surface area contributed by atoms with Crippen molar-refractivity contribution in [3.05, 3.63) is 82.7 Å². The molecule has 130 valence electrons. The highest BCUT2D eigenvalue weighted by atomic mass is 32.2. The first kappa shape index (κ1) is 17.4. The molecule has 1 atom stereocenters. The Labute approximate surface area is 147 Å². The Morgan fingerprint density at radius 1 is 0.920 bits per heavy atom. The molecule has 0 saturated heterocycles. The van der Waals surface area contributed by atoms with Crippen molar-refractivity contribution in [1.29, 1.82) is 0 Å². The van der Waals surface area contributed by atoms with Crippen LogP contribution in [-0.4, -0.2) is 13.6 Å². The van der Waals surface area contributed by atoms with Gasteiger partial charge in [-0.15, -0.1) is 0 Å². The summed E-state index contributed by atoms with van der Waals surface area (Å²) in [6, 6.07) is 16.8. The SMILES string of the molecule is Cc1ccc(C(NS(=O)(=O)c2c(C)noc2C)c2ccccc2)cc1. The molecule has 1 heterocycles. The number of rotatable bonds is 5. The van der Waals surface area contributed by atoms with Crippen LogP contribution in [0.1, 0.15) is 34.2 Å². The van der Waals surface area contributed by atoms with E-state index in [1.807, 2.05) is 61.5 Å². The van der Waals surface area contributed by atoms with E-state index in [1.54, 1.807) is 13.8 Å². The van der Waals surface area contributed by atoms with Gasteiger partial charge in [-0.05, 0) is 31.9 Å². The molecule has 0 bridgehead atoms. The van der Waals surface area contributed by atoms with Crippen LogP contribution in [0.4, 0.5) is 0 Å². The van der Waals surface area contributed by atoms with E-state index in [1.165, 1.54) is 0 Å². The third-order valence-corrected chi connectivity index (χ3v) is 5.72. The van der Waals surface area contributed by atoms with Gasteiger partial charge >= 0.3 is 0 Å². The molecular formula is C19H20N2O3S. The van der Waals surface area contributed by atoms with Gasteiger partial charge in [0.05, 0.1) is 6.04 Å². The fourth-order valence-corrected chi connectivity index (χ4v) is 4.35. The largest absolute Gasteiger partial charge is 0.360 e. The van der Waals surface area contributed by atoms with Crippen LogP contribution in [-0.2, 0) is 10.0 Å². The zero-order valence-corrected chi connectivity index (χ0v) is 15.2. The molecule has 0 radical (unpaired) electrons. The van der Waals surface area contributed by atoms with E-state index in [0.29, 0.717) is 5.69 Å².